The summed E-state index contributed by atoms with van der Waals surface area (Å²) in [5.41, 5.74) is 8.12. The molecule has 0 spiro atoms. The molecule has 0 amide bonds. The molecule has 2 N–H and O–H groups in total. The summed E-state index contributed by atoms with van der Waals surface area (Å²) in [4.78, 5) is 2.35. The highest BCUT2D eigenvalue weighted by Gasteiger charge is 2.20. The molecule has 88 valence electrons. The molecule has 2 nitrogen and oxygen atoms in total. The largest absolute Gasteiger partial charge is 0.398 e. The van der Waals surface area contributed by atoms with E-state index in [1.807, 2.05) is 24.3 Å². The molecule has 0 bridgehead atoms. The molecule has 0 atom stereocenters. The van der Waals surface area contributed by atoms with Crippen LogP contribution in [0.25, 0.3) is 0 Å². The van der Waals surface area contributed by atoms with Crippen molar-refractivity contribution in [2.45, 2.75) is 32.9 Å². The monoisotopic (exact) mass is 218 g/mol. The lowest BCUT2D eigenvalue weighted by molar-refractivity contribution is 0.146. The quantitative estimate of drug-likeness (QED) is 0.621. The van der Waals surface area contributed by atoms with Crippen LogP contribution in [0.15, 0.2) is 36.9 Å². The molecule has 0 heterocycles. The van der Waals surface area contributed by atoms with E-state index in [1.165, 1.54) is 5.56 Å². The van der Waals surface area contributed by atoms with Crippen LogP contribution in [-0.2, 0) is 6.54 Å². The normalized spacial score (nSPS) is 11.8. The van der Waals surface area contributed by atoms with Crippen molar-refractivity contribution in [3.63, 3.8) is 0 Å². The van der Waals surface area contributed by atoms with Gasteiger partial charge in [0.05, 0.1) is 0 Å². The maximum Gasteiger partial charge on any atom is 0.0359 e. The summed E-state index contributed by atoms with van der Waals surface area (Å²) < 4.78 is 0. The van der Waals surface area contributed by atoms with Gasteiger partial charge >= 0.3 is 0 Å². The molecule has 0 fully saturated rings. The van der Waals surface area contributed by atoms with Gasteiger partial charge in [-0.2, -0.15) is 0 Å². The van der Waals surface area contributed by atoms with E-state index in [-0.39, 0.29) is 5.54 Å². The SMILES string of the molecule is C=CCN(Cc1ccccc1N)C(C)(C)C. The van der Waals surface area contributed by atoms with Gasteiger partial charge in [-0.15, -0.1) is 6.58 Å². The number of hydrogen-bond acceptors (Lipinski definition) is 2. The Balaban J connectivity index is 2.84. The van der Waals surface area contributed by atoms with Gasteiger partial charge in [-0.05, 0) is 32.4 Å². The molecule has 1 aromatic carbocycles. The Morgan fingerprint density at radius 1 is 1.31 bits per heavy atom. The zero-order valence-corrected chi connectivity index (χ0v) is 10.5. The number of nitrogens with zero attached hydrogens (tertiary/aromatic N) is 1. The fraction of sp³-hybridized carbons (Fsp3) is 0.429. The number of nitrogen functional groups attached to an aromatic ring is 1. The van der Waals surface area contributed by atoms with E-state index in [2.05, 4.69) is 38.3 Å². The zero-order valence-electron chi connectivity index (χ0n) is 10.5. The maximum atomic E-state index is 5.96. The molecule has 0 radical (unpaired) electrons. The van der Waals surface area contributed by atoms with Gasteiger partial charge in [0.1, 0.15) is 0 Å². The second kappa shape index (κ2) is 5.17. The first-order chi connectivity index (χ1) is 7.45. The van der Waals surface area contributed by atoms with Crippen LogP contribution in [0, 0.1) is 0 Å². The molecule has 0 aliphatic carbocycles. The first-order valence-electron chi connectivity index (χ1n) is 5.64. The number of hydrogen-bond donors (Lipinski definition) is 1. The minimum absolute atomic E-state index is 0.121. The fourth-order valence-electron chi connectivity index (χ4n) is 1.62. The molecule has 1 rings (SSSR count). The molecule has 2 heteroatoms. The molecule has 16 heavy (non-hydrogen) atoms. The van der Waals surface area contributed by atoms with Crippen molar-refractivity contribution in [3.8, 4) is 0 Å². The average molecular weight is 218 g/mol. The lowest BCUT2D eigenvalue weighted by atomic mass is 10.0. The fourth-order valence-corrected chi connectivity index (χ4v) is 1.62. The molecule has 0 unspecified atom stereocenters. The Morgan fingerprint density at radius 3 is 2.44 bits per heavy atom. The smallest absolute Gasteiger partial charge is 0.0359 e. The van der Waals surface area contributed by atoms with E-state index in [0.29, 0.717) is 0 Å². The Morgan fingerprint density at radius 2 is 1.94 bits per heavy atom. The summed E-state index contributed by atoms with van der Waals surface area (Å²) in [5, 5.41) is 0. The molecule has 0 saturated carbocycles. The van der Waals surface area contributed by atoms with Crippen LogP contribution in [0.1, 0.15) is 26.3 Å². The first-order valence-corrected chi connectivity index (χ1v) is 5.64. The molecule has 0 aliphatic rings. The number of benzene rings is 1. The van der Waals surface area contributed by atoms with E-state index in [9.17, 15) is 0 Å². The maximum absolute atomic E-state index is 5.96. The number of para-hydroxylation sites is 1. The van der Waals surface area contributed by atoms with Crippen molar-refractivity contribution < 1.29 is 0 Å². The summed E-state index contributed by atoms with van der Waals surface area (Å²) in [6.45, 7) is 12.2. The summed E-state index contributed by atoms with van der Waals surface area (Å²) in [7, 11) is 0. The van der Waals surface area contributed by atoms with Gasteiger partial charge in [-0.1, -0.05) is 24.3 Å². The molecular formula is C14H22N2. The highest BCUT2D eigenvalue weighted by molar-refractivity contribution is 5.46. The molecule has 0 saturated heterocycles. The molecular weight excluding hydrogens is 196 g/mol. The second-order valence-corrected chi connectivity index (χ2v) is 5.04. The van der Waals surface area contributed by atoms with E-state index in [4.69, 9.17) is 5.73 Å². The summed E-state index contributed by atoms with van der Waals surface area (Å²) in [6.07, 6.45) is 1.93. The third-order valence-electron chi connectivity index (χ3n) is 2.71. The lowest BCUT2D eigenvalue weighted by Crippen LogP contribution is -2.40. The molecule has 1 aromatic rings. The number of rotatable bonds is 4. The molecule has 0 aliphatic heterocycles. The van der Waals surface area contributed by atoms with Gasteiger partial charge in [-0.3, -0.25) is 4.90 Å². The van der Waals surface area contributed by atoms with Crippen molar-refractivity contribution in [3.05, 3.63) is 42.5 Å². The van der Waals surface area contributed by atoms with Crippen LogP contribution < -0.4 is 5.73 Å². The van der Waals surface area contributed by atoms with Gasteiger partial charge in [-0.25, -0.2) is 0 Å². The Labute approximate surface area is 98.8 Å². The predicted octanol–water partition coefficient (Wildman–Crippen LogP) is 3.06. The molecule has 0 aromatic heterocycles. The summed E-state index contributed by atoms with van der Waals surface area (Å²) in [6, 6.07) is 8.02. The van der Waals surface area contributed by atoms with Crippen LogP contribution in [0.4, 0.5) is 5.69 Å². The van der Waals surface area contributed by atoms with E-state index < -0.39 is 0 Å². The van der Waals surface area contributed by atoms with Crippen LogP contribution >= 0.6 is 0 Å². The van der Waals surface area contributed by atoms with E-state index in [0.717, 1.165) is 18.8 Å². The van der Waals surface area contributed by atoms with Crippen LogP contribution in [0.2, 0.25) is 0 Å². The van der Waals surface area contributed by atoms with E-state index in [1.54, 1.807) is 0 Å². The van der Waals surface area contributed by atoms with E-state index >= 15 is 0 Å². The second-order valence-electron chi connectivity index (χ2n) is 5.04. The summed E-state index contributed by atoms with van der Waals surface area (Å²) in [5.74, 6) is 0. The van der Waals surface area contributed by atoms with Gasteiger partial charge in [0.15, 0.2) is 0 Å². The summed E-state index contributed by atoms with van der Waals surface area (Å²) >= 11 is 0. The standard InChI is InChI=1S/C14H22N2/c1-5-10-16(14(2,3)4)11-12-8-6-7-9-13(12)15/h5-9H,1,10-11,15H2,2-4H3. The Hall–Kier alpha value is -1.28. The average Bonchev–Trinajstić information content (AvgIpc) is 2.19. The van der Waals surface area contributed by atoms with Crippen LogP contribution in [0.5, 0.6) is 0 Å². The first kappa shape index (κ1) is 12.8. The van der Waals surface area contributed by atoms with Gasteiger partial charge < -0.3 is 5.73 Å². The van der Waals surface area contributed by atoms with Gasteiger partial charge in [0, 0.05) is 24.3 Å². The Bertz CT molecular complexity index is 350. The third-order valence-corrected chi connectivity index (χ3v) is 2.71. The minimum Gasteiger partial charge on any atom is -0.398 e. The van der Waals surface area contributed by atoms with Crippen LogP contribution in [-0.4, -0.2) is 17.0 Å². The van der Waals surface area contributed by atoms with Crippen molar-refractivity contribution in [1.82, 2.24) is 4.90 Å². The number of anilines is 1. The lowest BCUT2D eigenvalue weighted by Gasteiger charge is -2.35. The van der Waals surface area contributed by atoms with Gasteiger partial charge in [0.25, 0.3) is 0 Å². The van der Waals surface area contributed by atoms with Crippen molar-refractivity contribution in [2.75, 3.05) is 12.3 Å². The van der Waals surface area contributed by atoms with Gasteiger partial charge in [0.2, 0.25) is 0 Å². The van der Waals surface area contributed by atoms with Crippen LogP contribution in [0.3, 0.4) is 0 Å². The predicted molar refractivity (Wildman–Crippen MR) is 71.2 cm³/mol. The minimum atomic E-state index is 0.121. The van der Waals surface area contributed by atoms with Crippen molar-refractivity contribution in [1.29, 1.82) is 0 Å². The van der Waals surface area contributed by atoms with Crippen molar-refractivity contribution in [2.24, 2.45) is 0 Å². The zero-order chi connectivity index (χ0) is 12.2. The highest BCUT2D eigenvalue weighted by atomic mass is 15.2. The topological polar surface area (TPSA) is 29.3 Å². The third kappa shape index (κ3) is 3.38. The number of nitrogens with two attached hydrogens (primary N) is 1. The highest BCUT2D eigenvalue weighted by Crippen LogP contribution is 2.20. The Kier molecular flexibility index (Phi) is 4.13. The van der Waals surface area contributed by atoms with Crippen molar-refractivity contribution >= 4 is 5.69 Å².